The zero-order valence-electron chi connectivity index (χ0n) is 24.0. The first-order valence-electron chi connectivity index (χ1n) is 15.8. The molecule has 3 heteroatoms. The molecule has 0 bridgehead atoms. The first kappa shape index (κ1) is 29.1. The Hall–Kier alpha value is -1.90. The second-order valence-corrected chi connectivity index (χ2v) is 12.2. The number of benzene rings is 2. The van der Waals surface area contributed by atoms with Crippen molar-refractivity contribution in [1.82, 2.24) is 0 Å². The SMILES string of the molecule is CCCCCc1ccc(C2CCC(C3CCC(CCc4ccc(OCCCC)c(F)c4F)CC3)CC2)cc1. The van der Waals surface area contributed by atoms with Gasteiger partial charge in [-0.3, -0.25) is 0 Å². The molecule has 2 aliphatic carbocycles. The number of halogens is 2. The van der Waals surface area contributed by atoms with E-state index in [0.717, 1.165) is 37.0 Å². The number of hydrogen-bond donors (Lipinski definition) is 0. The summed E-state index contributed by atoms with van der Waals surface area (Å²) in [7, 11) is 0. The van der Waals surface area contributed by atoms with Gasteiger partial charge in [-0.1, -0.05) is 76.3 Å². The molecule has 0 atom stereocenters. The fourth-order valence-electron chi connectivity index (χ4n) is 6.97. The van der Waals surface area contributed by atoms with E-state index >= 15 is 0 Å². The lowest BCUT2D eigenvalue weighted by Gasteiger charge is -2.38. The van der Waals surface area contributed by atoms with E-state index in [2.05, 4.69) is 38.1 Å². The van der Waals surface area contributed by atoms with E-state index in [-0.39, 0.29) is 5.75 Å². The normalized spacial score (nSPS) is 23.9. The second-order valence-electron chi connectivity index (χ2n) is 12.2. The molecule has 4 rings (SSSR count). The highest BCUT2D eigenvalue weighted by Gasteiger charge is 2.31. The Kier molecular flexibility index (Phi) is 11.5. The monoisotopic (exact) mass is 524 g/mol. The molecule has 0 radical (unpaired) electrons. The summed E-state index contributed by atoms with van der Waals surface area (Å²) in [5.74, 6) is 1.65. The lowest BCUT2D eigenvalue weighted by atomic mass is 9.68. The van der Waals surface area contributed by atoms with Crippen LogP contribution in [0.2, 0.25) is 0 Å². The highest BCUT2D eigenvalue weighted by Crippen LogP contribution is 2.44. The number of hydrogen-bond acceptors (Lipinski definition) is 1. The standard InChI is InChI=1S/C35H50F2O/c1-3-5-7-8-26-9-14-28(15-10-26)30-19-21-31(22-20-30)29-16-11-27(12-17-29)13-18-32-23-24-33(35(37)34(32)36)38-25-6-4-2/h9-10,14-15,23-24,27,29-31H,3-8,11-13,16-22,25H2,1-2H3. The maximum Gasteiger partial charge on any atom is 0.200 e. The molecule has 0 heterocycles. The Morgan fingerprint density at radius 1 is 0.684 bits per heavy atom. The lowest BCUT2D eigenvalue weighted by Crippen LogP contribution is -2.25. The van der Waals surface area contributed by atoms with Gasteiger partial charge in [0.2, 0.25) is 5.82 Å². The van der Waals surface area contributed by atoms with Gasteiger partial charge in [0, 0.05) is 0 Å². The Labute approximate surface area is 230 Å². The fraction of sp³-hybridized carbons (Fsp3) is 0.657. The molecule has 2 fully saturated rings. The summed E-state index contributed by atoms with van der Waals surface area (Å²) in [4.78, 5) is 0. The van der Waals surface area contributed by atoms with E-state index in [4.69, 9.17) is 4.74 Å². The molecule has 0 amide bonds. The van der Waals surface area contributed by atoms with Gasteiger partial charge in [-0.05, 0) is 117 Å². The van der Waals surface area contributed by atoms with Crippen LogP contribution in [0.5, 0.6) is 5.75 Å². The molecule has 38 heavy (non-hydrogen) atoms. The van der Waals surface area contributed by atoms with Gasteiger partial charge in [-0.2, -0.15) is 4.39 Å². The second kappa shape index (κ2) is 15.0. The van der Waals surface area contributed by atoms with Crippen molar-refractivity contribution in [2.24, 2.45) is 17.8 Å². The molecule has 210 valence electrons. The molecule has 0 aromatic heterocycles. The number of unbranched alkanes of at least 4 members (excludes halogenated alkanes) is 3. The van der Waals surface area contributed by atoms with Gasteiger partial charge < -0.3 is 4.74 Å². The van der Waals surface area contributed by atoms with E-state index in [9.17, 15) is 8.78 Å². The third-order valence-electron chi connectivity index (χ3n) is 9.55. The van der Waals surface area contributed by atoms with Crippen molar-refractivity contribution < 1.29 is 13.5 Å². The van der Waals surface area contributed by atoms with Crippen molar-refractivity contribution in [2.75, 3.05) is 6.61 Å². The van der Waals surface area contributed by atoms with Crippen LogP contribution in [-0.4, -0.2) is 6.61 Å². The van der Waals surface area contributed by atoms with E-state index in [1.54, 1.807) is 17.7 Å². The van der Waals surface area contributed by atoms with Crippen LogP contribution in [0.3, 0.4) is 0 Å². The third-order valence-corrected chi connectivity index (χ3v) is 9.55. The molecule has 0 saturated heterocycles. The van der Waals surface area contributed by atoms with Crippen LogP contribution in [-0.2, 0) is 12.8 Å². The minimum atomic E-state index is -0.819. The molecular formula is C35H50F2O. The first-order chi connectivity index (χ1) is 18.6. The minimum Gasteiger partial charge on any atom is -0.490 e. The van der Waals surface area contributed by atoms with E-state index < -0.39 is 11.6 Å². The average Bonchev–Trinajstić information content (AvgIpc) is 2.96. The predicted molar refractivity (Wildman–Crippen MR) is 155 cm³/mol. The van der Waals surface area contributed by atoms with Crippen LogP contribution >= 0.6 is 0 Å². The first-order valence-corrected chi connectivity index (χ1v) is 15.8. The molecule has 2 aliphatic rings. The summed E-state index contributed by atoms with van der Waals surface area (Å²) in [6, 6.07) is 12.9. The zero-order valence-corrected chi connectivity index (χ0v) is 24.0. The van der Waals surface area contributed by atoms with Crippen LogP contribution in [0.1, 0.15) is 126 Å². The van der Waals surface area contributed by atoms with Gasteiger partial charge in [-0.25, -0.2) is 4.39 Å². The van der Waals surface area contributed by atoms with Crippen molar-refractivity contribution >= 4 is 0 Å². The number of aryl methyl sites for hydroxylation is 2. The molecule has 0 unspecified atom stereocenters. The summed E-state index contributed by atoms with van der Waals surface area (Å²) in [6.45, 7) is 4.75. The molecule has 2 saturated carbocycles. The summed E-state index contributed by atoms with van der Waals surface area (Å²) in [5, 5.41) is 0. The summed E-state index contributed by atoms with van der Waals surface area (Å²) in [5.41, 5.74) is 3.55. The van der Waals surface area contributed by atoms with E-state index in [1.165, 1.54) is 82.6 Å². The summed E-state index contributed by atoms with van der Waals surface area (Å²) >= 11 is 0. The van der Waals surface area contributed by atoms with Gasteiger partial charge >= 0.3 is 0 Å². The van der Waals surface area contributed by atoms with Crippen molar-refractivity contribution in [1.29, 1.82) is 0 Å². The average molecular weight is 525 g/mol. The quantitative estimate of drug-likeness (QED) is 0.237. The van der Waals surface area contributed by atoms with Gasteiger partial charge in [0.05, 0.1) is 6.61 Å². The third kappa shape index (κ3) is 8.06. The number of ether oxygens (including phenoxy) is 1. The Balaban J connectivity index is 1.17. The highest BCUT2D eigenvalue weighted by molar-refractivity contribution is 5.31. The Morgan fingerprint density at radius 3 is 2.00 bits per heavy atom. The van der Waals surface area contributed by atoms with Gasteiger partial charge in [-0.15, -0.1) is 0 Å². The van der Waals surface area contributed by atoms with Crippen LogP contribution in [0.4, 0.5) is 8.78 Å². The topological polar surface area (TPSA) is 9.23 Å². The molecule has 2 aromatic rings. The summed E-state index contributed by atoms with van der Waals surface area (Å²) < 4.78 is 34.4. The minimum absolute atomic E-state index is 0.0503. The van der Waals surface area contributed by atoms with E-state index in [1.807, 2.05) is 0 Å². The largest absolute Gasteiger partial charge is 0.490 e. The Morgan fingerprint density at radius 2 is 1.34 bits per heavy atom. The van der Waals surface area contributed by atoms with Crippen LogP contribution < -0.4 is 4.74 Å². The van der Waals surface area contributed by atoms with Crippen molar-refractivity contribution in [2.45, 2.75) is 122 Å². The maximum atomic E-state index is 14.6. The molecule has 2 aromatic carbocycles. The van der Waals surface area contributed by atoms with Gasteiger partial charge in [0.1, 0.15) is 0 Å². The molecular weight excluding hydrogens is 474 g/mol. The molecule has 0 aliphatic heterocycles. The van der Waals surface area contributed by atoms with Gasteiger partial charge in [0.25, 0.3) is 0 Å². The van der Waals surface area contributed by atoms with E-state index in [0.29, 0.717) is 24.5 Å². The predicted octanol–water partition coefficient (Wildman–Crippen LogP) is 10.6. The van der Waals surface area contributed by atoms with Gasteiger partial charge in [0.15, 0.2) is 11.6 Å². The fourth-order valence-corrected chi connectivity index (χ4v) is 6.97. The highest BCUT2D eigenvalue weighted by atomic mass is 19.2. The molecule has 0 N–H and O–H groups in total. The van der Waals surface area contributed by atoms with Crippen molar-refractivity contribution in [3.8, 4) is 5.75 Å². The van der Waals surface area contributed by atoms with Crippen LogP contribution in [0.15, 0.2) is 36.4 Å². The lowest BCUT2D eigenvalue weighted by molar-refractivity contribution is 0.157. The smallest absolute Gasteiger partial charge is 0.200 e. The zero-order chi connectivity index (χ0) is 26.7. The van der Waals surface area contributed by atoms with Crippen LogP contribution in [0.25, 0.3) is 0 Å². The van der Waals surface area contributed by atoms with Crippen molar-refractivity contribution in [3.05, 3.63) is 64.7 Å². The number of rotatable bonds is 13. The van der Waals surface area contributed by atoms with Crippen LogP contribution in [0, 0.1) is 29.4 Å². The summed E-state index contributed by atoms with van der Waals surface area (Å²) in [6.07, 6.45) is 19.1. The molecule has 0 spiro atoms. The van der Waals surface area contributed by atoms with Crippen molar-refractivity contribution in [3.63, 3.8) is 0 Å². The Bertz CT molecular complexity index is 953. The maximum absolute atomic E-state index is 14.6. The molecule has 1 nitrogen and oxygen atoms in total.